The van der Waals surface area contributed by atoms with Crippen LogP contribution >= 0.6 is 0 Å². The number of hydrogen-bond donors (Lipinski definition) is 1. The van der Waals surface area contributed by atoms with E-state index in [-0.39, 0.29) is 6.10 Å². The third-order valence-corrected chi connectivity index (χ3v) is 3.04. The van der Waals surface area contributed by atoms with Gasteiger partial charge >= 0.3 is 0 Å². The van der Waals surface area contributed by atoms with Crippen LogP contribution in [0.3, 0.4) is 0 Å². The zero-order valence-corrected chi connectivity index (χ0v) is 11.5. The third kappa shape index (κ3) is 5.22. The highest BCUT2D eigenvalue weighted by molar-refractivity contribution is 5.27. The average molecular weight is 235 g/mol. The largest absolute Gasteiger partial charge is 0.489 e. The molecule has 0 spiro atoms. The second-order valence-electron chi connectivity index (χ2n) is 4.64. The van der Waals surface area contributed by atoms with E-state index in [0.717, 1.165) is 25.1 Å². The zero-order valence-electron chi connectivity index (χ0n) is 11.5. The molecule has 0 amide bonds. The summed E-state index contributed by atoms with van der Waals surface area (Å²) in [4.78, 5) is 0. The Bertz CT molecular complexity index is 307. The van der Waals surface area contributed by atoms with Gasteiger partial charge in [-0.3, -0.25) is 0 Å². The molecular weight excluding hydrogens is 210 g/mol. The Labute approximate surface area is 105 Å². The van der Waals surface area contributed by atoms with Crippen molar-refractivity contribution in [3.05, 3.63) is 29.8 Å². The van der Waals surface area contributed by atoms with Gasteiger partial charge in [-0.15, -0.1) is 0 Å². The lowest BCUT2D eigenvalue weighted by Gasteiger charge is -2.18. The average Bonchev–Trinajstić information content (AvgIpc) is 2.36. The fraction of sp³-hybridized carbons (Fsp3) is 0.600. The predicted octanol–water partition coefficient (Wildman–Crippen LogP) is 3.40. The quantitative estimate of drug-likeness (QED) is 0.782. The molecule has 0 bridgehead atoms. The van der Waals surface area contributed by atoms with E-state index < -0.39 is 0 Å². The highest BCUT2D eigenvalue weighted by atomic mass is 16.5. The first kappa shape index (κ1) is 14.0. The number of hydrogen-bond acceptors (Lipinski definition) is 2. The molecule has 0 saturated carbocycles. The summed E-state index contributed by atoms with van der Waals surface area (Å²) < 4.78 is 5.85. The third-order valence-electron chi connectivity index (χ3n) is 3.04. The maximum absolute atomic E-state index is 5.85. The monoisotopic (exact) mass is 235 g/mol. The molecule has 0 aliphatic carbocycles. The van der Waals surface area contributed by atoms with Crippen LogP contribution in [-0.2, 0) is 6.42 Å². The smallest absolute Gasteiger partial charge is 0.119 e. The second kappa shape index (κ2) is 7.33. The van der Waals surface area contributed by atoms with Crippen LogP contribution in [0.1, 0.15) is 39.7 Å². The number of aryl methyl sites for hydroxylation is 1. The van der Waals surface area contributed by atoms with Gasteiger partial charge in [-0.25, -0.2) is 0 Å². The molecule has 0 fully saturated rings. The van der Waals surface area contributed by atoms with Gasteiger partial charge in [0.25, 0.3) is 0 Å². The minimum absolute atomic E-state index is 0.205. The Kier molecular flexibility index (Phi) is 6.06. The van der Waals surface area contributed by atoms with Gasteiger partial charge in [-0.1, -0.05) is 26.0 Å². The van der Waals surface area contributed by atoms with E-state index in [2.05, 4.69) is 57.3 Å². The lowest BCUT2D eigenvalue weighted by Crippen LogP contribution is -2.34. The van der Waals surface area contributed by atoms with Crippen LogP contribution in [0, 0.1) is 0 Å². The van der Waals surface area contributed by atoms with E-state index in [1.165, 1.54) is 5.56 Å². The van der Waals surface area contributed by atoms with Gasteiger partial charge in [-0.05, 0) is 44.4 Å². The molecule has 2 heteroatoms. The van der Waals surface area contributed by atoms with Crippen LogP contribution in [0.15, 0.2) is 24.3 Å². The summed E-state index contributed by atoms with van der Waals surface area (Å²) in [6.45, 7) is 9.54. The van der Waals surface area contributed by atoms with Gasteiger partial charge < -0.3 is 10.1 Å². The molecule has 0 heterocycles. The summed E-state index contributed by atoms with van der Waals surface area (Å²) in [5.41, 5.74) is 1.35. The van der Waals surface area contributed by atoms with Crippen LogP contribution in [0.5, 0.6) is 5.75 Å². The van der Waals surface area contributed by atoms with E-state index in [1.807, 2.05) is 0 Å². The Morgan fingerprint density at radius 2 is 1.76 bits per heavy atom. The summed E-state index contributed by atoms with van der Waals surface area (Å²) in [6.07, 6.45) is 2.43. The van der Waals surface area contributed by atoms with Crippen LogP contribution in [-0.4, -0.2) is 18.7 Å². The van der Waals surface area contributed by atoms with Crippen molar-refractivity contribution in [1.29, 1.82) is 0 Å². The van der Waals surface area contributed by atoms with Crippen molar-refractivity contribution < 1.29 is 4.74 Å². The first-order valence-corrected chi connectivity index (χ1v) is 6.64. The predicted molar refractivity (Wildman–Crippen MR) is 73.7 cm³/mol. The molecule has 1 aromatic carbocycles. The molecule has 1 N–H and O–H groups in total. The standard InChI is InChI=1S/C15H25NO/c1-5-12(3)16-11-13(4)17-15-9-7-14(6-2)8-10-15/h7-10,12-13,16H,5-6,11H2,1-4H3. The topological polar surface area (TPSA) is 21.3 Å². The molecule has 2 unspecified atom stereocenters. The number of benzene rings is 1. The maximum atomic E-state index is 5.85. The van der Waals surface area contributed by atoms with Crippen molar-refractivity contribution in [2.45, 2.75) is 52.7 Å². The van der Waals surface area contributed by atoms with Crippen molar-refractivity contribution in [3.8, 4) is 5.75 Å². The first-order valence-electron chi connectivity index (χ1n) is 6.64. The van der Waals surface area contributed by atoms with Crippen LogP contribution in [0.2, 0.25) is 0 Å². The van der Waals surface area contributed by atoms with Gasteiger partial charge in [-0.2, -0.15) is 0 Å². The Morgan fingerprint density at radius 3 is 2.29 bits per heavy atom. The summed E-state index contributed by atoms with van der Waals surface area (Å²) in [7, 11) is 0. The molecule has 17 heavy (non-hydrogen) atoms. The van der Waals surface area contributed by atoms with Crippen molar-refractivity contribution in [1.82, 2.24) is 5.32 Å². The van der Waals surface area contributed by atoms with Crippen LogP contribution < -0.4 is 10.1 Å². The molecule has 1 rings (SSSR count). The van der Waals surface area contributed by atoms with Crippen LogP contribution in [0.25, 0.3) is 0 Å². The summed E-state index contributed by atoms with van der Waals surface area (Å²) in [5.74, 6) is 0.959. The molecule has 0 aliphatic rings. The normalized spacial score (nSPS) is 14.4. The molecule has 0 aromatic heterocycles. The lowest BCUT2D eigenvalue weighted by atomic mass is 10.2. The van der Waals surface area contributed by atoms with Crippen molar-refractivity contribution in [2.24, 2.45) is 0 Å². The molecule has 2 atom stereocenters. The Balaban J connectivity index is 2.36. The Hall–Kier alpha value is -1.02. The lowest BCUT2D eigenvalue weighted by molar-refractivity contribution is 0.212. The highest BCUT2D eigenvalue weighted by Gasteiger charge is 2.05. The van der Waals surface area contributed by atoms with Gasteiger partial charge in [0, 0.05) is 12.6 Å². The number of ether oxygens (including phenoxy) is 1. The number of rotatable bonds is 7. The van der Waals surface area contributed by atoms with E-state index >= 15 is 0 Å². The van der Waals surface area contributed by atoms with E-state index in [0.29, 0.717) is 6.04 Å². The molecule has 0 saturated heterocycles. The van der Waals surface area contributed by atoms with Gasteiger partial charge in [0.1, 0.15) is 11.9 Å². The van der Waals surface area contributed by atoms with Crippen LogP contribution in [0.4, 0.5) is 0 Å². The molecule has 96 valence electrons. The molecule has 2 nitrogen and oxygen atoms in total. The van der Waals surface area contributed by atoms with E-state index in [4.69, 9.17) is 4.74 Å². The summed E-state index contributed by atoms with van der Waals surface area (Å²) >= 11 is 0. The first-order chi connectivity index (χ1) is 8.15. The van der Waals surface area contributed by atoms with Crippen molar-refractivity contribution in [2.75, 3.05) is 6.54 Å². The molecule has 1 aromatic rings. The maximum Gasteiger partial charge on any atom is 0.119 e. The van der Waals surface area contributed by atoms with E-state index in [9.17, 15) is 0 Å². The molecular formula is C15H25NO. The molecule has 0 radical (unpaired) electrons. The minimum atomic E-state index is 0.205. The van der Waals surface area contributed by atoms with Crippen molar-refractivity contribution in [3.63, 3.8) is 0 Å². The highest BCUT2D eigenvalue weighted by Crippen LogP contribution is 2.14. The molecule has 0 aliphatic heterocycles. The SMILES string of the molecule is CCc1ccc(OC(C)CNC(C)CC)cc1. The Morgan fingerprint density at radius 1 is 1.12 bits per heavy atom. The number of nitrogens with one attached hydrogen (secondary N) is 1. The van der Waals surface area contributed by atoms with Crippen molar-refractivity contribution >= 4 is 0 Å². The summed E-state index contributed by atoms with van der Waals surface area (Å²) in [5, 5.41) is 3.45. The minimum Gasteiger partial charge on any atom is -0.489 e. The van der Waals surface area contributed by atoms with Gasteiger partial charge in [0.2, 0.25) is 0 Å². The van der Waals surface area contributed by atoms with Gasteiger partial charge in [0.15, 0.2) is 0 Å². The summed E-state index contributed by atoms with van der Waals surface area (Å²) in [6, 6.07) is 8.93. The fourth-order valence-corrected chi connectivity index (χ4v) is 1.59. The second-order valence-corrected chi connectivity index (χ2v) is 4.64. The zero-order chi connectivity index (χ0) is 12.7. The fourth-order valence-electron chi connectivity index (χ4n) is 1.59. The van der Waals surface area contributed by atoms with Gasteiger partial charge in [0.05, 0.1) is 0 Å². The van der Waals surface area contributed by atoms with E-state index in [1.54, 1.807) is 0 Å².